The zero-order valence-corrected chi connectivity index (χ0v) is 11.9. The number of carbonyl (C=O) groups is 1. The van der Waals surface area contributed by atoms with Crippen molar-refractivity contribution in [3.05, 3.63) is 23.5 Å². The molecule has 0 radical (unpaired) electrons. The van der Waals surface area contributed by atoms with E-state index in [9.17, 15) is 4.79 Å². The van der Waals surface area contributed by atoms with Gasteiger partial charge in [-0.2, -0.15) is 0 Å². The quantitative estimate of drug-likeness (QED) is 0.816. The SMILES string of the molecule is Cc1cc(B2OC(C)(C)C(C)(C)O2)cnc1C(=O)O. The number of carboxylic acids is 1. The molecule has 1 fully saturated rings. The molecule has 2 rings (SSSR count). The topological polar surface area (TPSA) is 68.7 Å². The number of aromatic carboxylic acids is 1. The van der Waals surface area contributed by atoms with Crippen LogP contribution in [-0.4, -0.2) is 34.4 Å². The van der Waals surface area contributed by atoms with Gasteiger partial charge in [-0.3, -0.25) is 0 Å². The van der Waals surface area contributed by atoms with E-state index in [1.54, 1.807) is 13.0 Å². The predicted molar refractivity (Wildman–Crippen MR) is 71.6 cm³/mol. The number of pyridine rings is 1. The Hall–Kier alpha value is -1.40. The monoisotopic (exact) mass is 263 g/mol. The van der Waals surface area contributed by atoms with Crippen LogP contribution in [0.2, 0.25) is 0 Å². The fraction of sp³-hybridized carbons (Fsp3) is 0.538. The molecule has 5 nitrogen and oxygen atoms in total. The van der Waals surface area contributed by atoms with E-state index < -0.39 is 24.3 Å². The molecule has 0 spiro atoms. The van der Waals surface area contributed by atoms with E-state index >= 15 is 0 Å². The molecule has 0 atom stereocenters. The summed E-state index contributed by atoms with van der Waals surface area (Å²) in [7, 11) is -0.515. The van der Waals surface area contributed by atoms with Crippen LogP contribution in [0.15, 0.2) is 12.3 Å². The molecule has 1 aromatic rings. The van der Waals surface area contributed by atoms with Gasteiger partial charge in [-0.15, -0.1) is 0 Å². The molecule has 0 amide bonds. The molecule has 19 heavy (non-hydrogen) atoms. The lowest BCUT2D eigenvalue weighted by atomic mass is 9.79. The van der Waals surface area contributed by atoms with Gasteiger partial charge in [0.2, 0.25) is 0 Å². The number of carboxylic acid groups (broad SMARTS) is 1. The van der Waals surface area contributed by atoms with Crippen molar-refractivity contribution >= 4 is 18.6 Å². The zero-order valence-electron chi connectivity index (χ0n) is 11.9. The highest BCUT2D eigenvalue weighted by Gasteiger charge is 2.51. The Labute approximate surface area is 113 Å². The molecule has 2 heterocycles. The van der Waals surface area contributed by atoms with E-state index in [2.05, 4.69) is 4.98 Å². The second-order valence-electron chi connectivity index (χ2n) is 5.83. The van der Waals surface area contributed by atoms with Gasteiger partial charge in [0.15, 0.2) is 5.69 Å². The molecular weight excluding hydrogens is 245 g/mol. The molecular formula is C13H18BNO4. The lowest BCUT2D eigenvalue weighted by Crippen LogP contribution is -2.41. The van der Waals surface area contributed by atoms with Gasteiger partial charge in [0.1, 0.15) is 0 Å². The summed E-state index contributed by atoms with van der Waals surface area (Å²) in [5.74, 6) is -1.03. The minimum Gasteiger partial charge on any atom is -0.477 e. The van der Waals surface area contributed by atoms with Gasteiger partial charge in [-0.25, -0.2) is 9.78 Å². The zero-order chi connectivity index (χ0) is 14.4. The third kappa shape index (κ3) is 2.38. The van der Waals surface area contributed by atoms with Gasteiger partial charge < -0.3 is 14.4 Å². The van der Waals surface area contributed by atoms with Crippen LogP contribution in [-0.2, 0) is 9.31 Å². The molecule has 0 bridgehead atoms. The van der Waals surface area contributed by atoms with E-state index in [1.165, 1.54) is 6.20 Å². The highest BCUT2D eigenvalue weighted by Crippen LogP contribution is 2.36. The Morgan fingerprint density at radius 3 is 2.21 bits per heavy atom. The maximum atomic E-state index is 10.9. The standard InChI is InChI=1S/C13H18BNO4/c1-8-6-9(7-15-10(8)11(16)17)14-18-12(2,3)13(4,5)19-14/h6-7H,1-5H3,(H,16,17). The van der Waals surface area contributed by atoms with Crippen LogP contribution in [0.5, 0.6) is 0 Å². The molecule has 0 aromatic carbocycles. The molecule has 1 saturated heterocycles. The van der Waals surface area contributed by atoms with Crippen LogP contribution in [0.3, 0.4) is 0 Å². The largest absolute Gasteiger partial charge is 0.496 e. The summed E-state index contributed by atoms with van der Waals surface area (Å²) < 4.78 is 11.8. The van der Waals surface area contributed by atoms with Crippen LogP contribution >= 0.6 is 0 Å². The Bertz CT molecular complexity index is 511. The summed E-state index contributed by atoms with van der Waals surface area (Å²) in [5, 5.41) is 8.96. The van der Waals surface area contributed by atoms with Crippen molar-refractivity contribution in [2.45, 2.75) is 45.8 Å². The van der Waals surface area contributed by atoms with Gasteiger partial charge in [-0.1, -0.05) is 6.07 Å². The van der Waals surface area contributed by atoms with Crippen LogP contribution in [0.1, 0.15) is 43.7 Å². The Morgan fingerprint density at radius 2 is 1.79 bits per heavy atom. The fourth-order valence-corrected chi connectivity index (χ4v) is 1.93. The Kier molecular flexibility index (Phi) is 3.19. The molecule has 0 unspecified atom stereocenters. The maximum absolute atomic E-state index is 10.9. The summed E-state index contributed by atoms with van der Waals surface area (Å²) in [6.07, 6.45) is 1.50. The first-order valence-corrected chi connectivity index (χ1v) is 6.19. The average Bonchev–Trinajstić information content (AvgIpc) is 2.47. The van der Waals surface area contributed by atoms with E-state index in [4.69, 9.17) is 14.4 Å². The van der Waals surface area contributed by atoms with Crippen molar-refractivity contribution in [2.24, 2.45) is 0 Å². The molecule has 1 aromatic heterocycles. The lowest BCUT2D eigenvalue weighted by Gasteiger charge is -2.32. The molecule has 0 aliphatic carbocycles. The van der Waals surface area contributed by atoms with Gasteiger partial charge in [0.25, 0.3) is 0 Å². The second-order valence-corrected chi connectivity index (χ2v) is 5.83. The fourth-order valence-electron chi connectivity index (χ4n) is 1.93. The number of rotatable bonds is 2. The number of nitrogens with zero attached hydrogens (tertiary/aromatic N) is 1. The van der Waals surface area contributed by atoms with E-state index in [-0.39, 0.29) is 5.69 Å². The van der Waals surface area contributed by atoms with Gasteiger partial charge >= 0.3 is 13.1 Å². The Morgan fingerprint density at radius 1 is 1.26 bits per heavy atom. The predicted octanol–water partition coefficient (Wildman–Crippen LogP) is 1.39. The highest BCUT2D eigenvalue weighted by molar-refractivity contribution is 6.62. The van der Waals surface area contributed by atoms with Crippen molar-refractivity contribution < 1.29 is 19.2 Å². The third-order valence-electron chi connectivity index (χ3n) is 3.83. The molecule has 0 saturated carbocycles. The summed E-state index contributed by atoms with van der Waals surface area (Å²) in [6.45, 7) is 9.60. The Balaban J connectivity index is 2.31. The van der Waals surface area contributed by atoms with E-state index in [1.807, 2.05) is 27.7 Å². The first-order valence-electron chi connectivity index (χ1n) is 6.19. The lowest BCUT2D eigenvalue weighted by molar-refractivity contribution is 0.00578. The summed E-state index contributed by atoms with van der Waals surface area (Å²) >= 11 is 0. The maximum Gasteiger partial charge on any atom is 0.496 e. The third-order valence-corrected chi connectivity index (χ3v) is 3.83. The van der Waals surface area contributed by atoms with Crippen molar-refractivity contribution in [1.29, 1.82) is 0 Å². The number of aryl methyl sites for hydroxylation is 1. The number of hydrogen-bond acceptors (Lipinski definition) is 4. The van der Waals surface area contributed by atoms with Crippen molar-refractivity contribution in [1.82, 2.24) is 4.98 Å². The minimum absolute atomic E-state index is 0.0558. The first kappa shape index (κ1) is 14.0. The van der Waals surface area contributed by atoms with Gasteiger partial charge in [-0.05, 0) is 40.2 Å². The second kappa shape index (κ2) is 4.32. The molecule has 102 valence electrons. The summed E-state index contributed by atoms with van der Waals surface area (Å²) in [6, 6.07) is 1.75. The smallest absolute Gasteiger partial charge is 0.477 e. The summed E-state index contributed by atoms with van der Waals surface area (Å²) in [5.41, 5.74) is 0.551. The molecule has 1 aliphatic rings. The summed E-state index contributed by atoms with van der Waals surface area (Å²) in [4.78, 5) is 14.9. The molecule has 1 N–H and O–H groups in total. The van der Waals surface area contributed by atoms with Gasteiger partial charge in [0, 0.05) is 11.7 Å². The van der Waals surface area contributed by atoms with E-state index in [0.717, 1.165) is 5.46 Å². The minimum atomic E-state index is -1.03. The molecule has 1 aliphatic heterocycles. The average molecular weight is 263 g/mol. The van der Waals surface area contributed by atoms with Crippen LogP contribution in [0.25, 0.3) is 0 Å². The van der Waals surface area contributed by atoms with Crippen molar-refractivity contribution in [2.75, 3.05) is 0 Å². The normalized spacial score (nSPS) is 20.6. The first-order chi connectivity index (χ1) is 8.64. The van der Waals surface area contributed by atoms with Crippen LogP contribution in [0, 0.1) is 6.92 Å². The molecule has 6 heteroatoms. The van der Waals surface area contributed by atoms with Crippen LogP contribution in [0.4, 0.5) is 0 Å². The highest BCUT2D eigenvalue weighted by atomic mass is 16.7. The van der Waals surface area contributed by atoms with E-state index in [0.29, 0.717) is 5.56 Å². The van der Waals surface area contributed by atoms with Gasteiger partial charge in [0.05, 0.1) is 11.2 Å². The van der Waals surface area contributed by atoms with Crippen molar-refractivity contribution in [3.8, 4) is 0 Å². The van der Waals surface area contributed by atoms with Crippen LogP contribution < -0.4 is 5.46 Å². The van der Waals surface area contributed by atoms with Crippen molar-refractivity contribution in [3.63, 3.8) is 0 Å². The number of hydrogen-bond donors (Lipinski definition) is 1. The number of aromatic nitrogens is 1.